The van der Waals surface area contributed by atoms with Gasteiger partial charge in [-0.15, -0.1) is 0 Å². The fraction of sp³-hybridized carbons (Fsp3) is 0.562. The lowest BCUT2D eigenvalue weighted by molar-refractivity contribution is 0.0948. The maximum Gasteiger partial charge on any atom is 0.251 e. The van der Waals surface area contributed by atoms with E-state index in [1.165, 1.54) is 12.8 Å². The first-order valence-corrected chi connectivity index (χ1v) is 7.38. The molecule has 1 aromatic rings. The zero-order valence-electron chi connectivity index (χ0n) is 12.5. The molecule has 20 heavy (non-hydrogen) atoms. The van der Waals surface area contributed by atoms with Crippen LogP contribution < -0.4 is 15.8 Å². The summed E-state index contributed by atoms with van der Waals surface area (Å²) >= 11 is 0. The van der Waals surface area contributed by atoms with Crippen molar-refractivity contribution in [3.63, 3.8) is 0 Å². The lowest BCUT2D eigenvalue weighted by Crippen LogP contribution is -2.31. The third-order valence-electron chi connectivity index (χ3n) is 3.15. The second-order valence-electron chi connectivity index (χ2n) is 5.13. The topological polar surface area (TPSA) is 64.3 Å². The van der Waals surface area contributed by atoms with Crippen LogP contribution in [0.2, 0.25) is 0 Å². The number of nitrogens with one attached hydrogen (secondary N) is 1. The molecule has 0 saturated heterocycles. The number of rotatable bonds is 9. The molecule has 0 aliphatic heterocycles. The Morgan fingerprint density at radius 3 is 2.60 bits per heavy atom. The van der Waals surface area contributed by atoms with Crippen LogP contribution in [0.15, 0.2) is 24.3 Å². The van der Waals surface area contributed by atoms with Gasteiger partial charge in [0, 0.05) is 12.1 Å². The Hall–Kier alpha value is -1.55. The molecular formula is C16H26N2O2. The summed E-state index contributed by atoms with van der Waals surface area (Å²) in [6, 6.07) is 7.26. The predicted molar refractivity (Wildman–Crippen MR) is 82.0 cm³/mol. The van der Waals surface area contributed by atoms with Crippen molar-refractivity contribution < 1.29 is 9.53 Å². The van der Waals surface area contributed by atoms with Gasteiger partial charge in [0.15, 0.2) is 0 Å². The molecule has 0 bridgehead atoms. The number of benzene rings is 1. The average molecular weight is 278 g/mol. The fourth-order valence-corrected chi connectivity index (χ4v) is 1.70. The minimum Gasteiger partial charge on any atom is -0.494 e. The highest BCUT2D eigenvalue weighted by atomic mass is 16.5. The molecule has 1 aromatic carbocycles. The number of hydrogen-bond donors (Lipinski definition) is 2. The summed E-state index contributed by atoms with van der Waals surface area (Å²) in [7, 11) is 0. The third-order valence-corrected chi connectivity index (χ3v) is 3.15. The first-order valence-electron chi connectivity index (χ1n) is 7.38. The summed E-state index contributed by atoms with van der Waals surface area (Å²) in [5, 5.41) is 2.87. The van der Waals surface area contributed by atoms with Crippen molar-refractivity contribution in [2.75, 3.05) is 19.7 Å². The number of unbranched alkanes of at least 4 members (excludes halogenated alkanes) is 2. The van der Waals surface area contributed by atoms with Crippen LogP contribution in [0.3, 0.4) is 0 Å². The third kappa shape index (κ3) is 6.06. The predicted octanol–water partition coefficient (Wildman–Crippen LogP) is 2.58. The SMILES string of the molecule is CCCCCOc1ccc(C(=O)NCC(C)CN)cc1. The number of ether oxygens (including phenoxy) is 1. The molecule has 1 atom stereocenters. The summed E-state index contributed by atoms with van der Waals surface area (Å²) in [5.41, 5.74) is 6.17. The Bertz CT molecular complexity index is 390. The van der Waals surface area contributed by atoms with Gasteiger partial charge in [-0.05, 0) is 43.1 Å². The van der Waals surface area contributed by atoms with Crippen LogP contribution in [0.25, 0.3) is 0 Å². The van der Waals surface area contributed by atoms with Gasteiger partial charge >= 0.3 is 0 Å². The molecule has 3 N–H and O–H groups in total. The molecule has 4 nitrogen and oxygen atoms in total. The maximum atomic E-state index is 11.9. The lowest BCUT2D eigenvalue weighted by Gasteiger charge is -2.10. The number of hydrogen-bond acceptors (Lipinski definition) is 3. The van der Waals surface area contributed by atoms with Crippen molar-refractivity contribution in [1.29, 1.82) is 0 Å². The molecular weight excluding hydrogens is 252 g/mol. The highest BCUT2D eigenvalue weighted by Crippen LogP contribution is 2.13. The van der Waals surface area contributed by atoms with Crippen LogP contribution in [-0.4, -0.2) is 25.6 Å². The van der Waals surface area contributed by atoms with E-state index in [9.17, 15) is 4.79 Å². The number of carbonyl (C=O) groups is 1. The first kappa shape index (κ1) is 16.5. The second-order valence-corrected chi connectivity index (χ2v) is 5.13. The highest BCUT2D eigenvalue weighted by molar-refractivity contribution is 5.94. The lowest BCUT2D eigenvalue weighted by atomic mass is 10.1. The van der Waals surface area contributed by atoms with E-state index in [-0.39, 0.29) is 5.91 Å². The van der Waals surface area contributed by atoms with Gasteiger partial charge < -0.3 is 15.8 Å². The first-order chi connectivity index (χ1) is 9.67. The molecule has 0 fully saturated rings. The normalized spacial score (nSPS) is 11.9. The van der Waals surface area contributed by atoms with Gasteiger partial charge in [-0.3, -0.25) is 4.79 Å². The molecule has 0 aliphatic carbocycles. The van der Waals surface area contributed by atoms with Crippen LogP contribution >= 0.6 is 0 Å². The standard InChI is InChI=1S/C16H26N2O2/c1-3-4-5-10-20-15-8-6-14(7-9-15)16(19)18-12-13(2)11-17/h6-9,13H,3-5,10-12,17H2,1-2H3,(H,18,19). The van der Waals surface area contributed by atoms with Crippen molar-refractivity contribution in [3.8, 4) is 5.75 Å². The molecule has 1 unspecified atom stereocenters. The number of amides is 1. The minimum atomic E-state index is -0.0668. The summed E-state index contributed by atoms with van der Waals surface area (Å²) < 4.78 is 5.61. The second kappa shape index (κ2) is 9.37. The van der Waals surface area contributed by atoms with Crippen molar-refractivity contribution >= 4 is 5.91 Å². The molecule has 0 radical (unpaired) electrons. The smallest absolute Gasteiger partial charge is 0.251 e. The molecule has 112 valence electrons. The number of nitrogens with two attached hydrogens (primary N) is 1. The van der Waals surface area contributed by atoms with Gasteiger partial charge in [-0.2, -0.15) is 0 Å². The molecule has 0 saturated carbocycles. The fourth-order valence-electron chi connectivity index (χ4n) is 1.70. The van der Waals surface area contributed by atoms with E-state index in [0.29, 0.717) is 24.6 Å². The van der Waals surface area contributed by atoms with Crippen molar-refractivity contribution in [1.82, 2.24) is 5.32 Å². The van der Waals surface area contributed by atoms with Crippen molar-refractivity contribution in [3.05, 3.63) is 29.8 Å². The van der Waals surface area contributed by atoms with Gasteiger partial charge in [0.1, 0.15) is 5.75 Å². The Morgan fingerprint density at radius 1 is 1.30 bits per heavy atom. The van der Waals surface area contributed by atoms with E-state index in [2.05, 4.69) is 12.2 Å². The Morgan fingerprint density at radius 2 is 2.00 bits per heavy atom. The summed E-state index contributed by atoms with van der Waals surface area (Å²) in [6.45, 7) is 6.08. The molecule has 1 amide bonds. The molecule has 1 rings (SSSR count). The molecule has 0 heterocycles. The molecule has 0 spiro atoms. The van der Waals surface area contributed by atoms with Crippen LogP contribution in [0, 0.1) is 5.92 Å². The quantitative estimate of drug-likeness (QED) is 0.682. The monoisotopic (exact) mass is 278 g/mol. The molecule has 0 aromatic heterocycles. The summed E-state index contributed by atoms with van der Waals surface area (Å²) in [5.74, 6) is 1.04. The number of carbonyl (C=O) groups excluding carboxylic acids is 1. The van der Waals surface area contributed by atoms with Crippen LogP contribution in [0.4, 0.5) is 0 Å². The van der Waals surface area contributed by atoms with E-state index in [0.717, 1.165) is 18.8 Å². The Kier molecular flexibility index (Phi) is 7.73. The van der Waals surface area contributed by atoms with Gasteiger partial charge in [0.05, 0.1) is 6.61 Å². The average Bonchev–Trinajstić information content (AvgIpc) is 2.49. The van der Waals surface area contributed by atoms with Crippen LogP contribution in [0.1, 0.15) is 43.5 Å². The van der Waals surface area contributed by atoms with Crippen molar-refractivity contribution in [2.45, 2.75) is 33.1 Å². The Balaban J connectivity index is 2.39. The van der Waals surface area contributed by atoms with Crippen molar-refractivity contribution in [2.24, 2.45) is 11.7 Å². The molecule has 0 aliphatic rings. The largest absolute Gasteiger partial charge is 0.494 e. The molecule has 4 heteroatoms. The zero-order valence-corrected chi connectivity index (χ0v) is 12.5. The minimum absolute atomic E-state index is 0.0668. The Labute approximate surface area is 121 Å². The van der Waals surface area contributed by atoms with Crippen LogP contribution in [0.5, 0.6) is 5.75 Å². The summed E-state index contributed by atoms with van der Waals surface area (Å²) in [6.07, 6.45) is 3.43. The van der Waals surface area contributed by atoms with Gasteiger partial charge in [0.25, 0.3) is 5.91 Å². The van der Waals surface area contributed by atoms with E-state index < -0.39 is 0 Å². The van der Waals surface area contributed by atoms with E-state index in [1.807, 2.05) is 19.1 Å². The van der Waals surface area contributed by atoms with E-state index in [4.69, 9.17) is 10.5 Å². The van der Waals surface area contributed by atoms with E-state index in [1.54, 1.807) is 12.1 Å². The van der Waals surface area contributed by atoms with Gasteiger partial charge in [-0.25, -0.2) is 0 Å². The van der Waals surface area contributed by atoms with Gasteiger partial charge in [-0.1, -0.05) is 26.7 Å². The van der Waals surface area contributed by atoms with E-state index >= 15 is 0 Å². The highest BCUT2D eigenvalue weighted by Gasteiger charge is 2.07. The maximum absolute atomic E-state index is 11.9. The van der Waals surface area contributed by atoms with Gasteiger partial charge in [0.2, 0.25) is 0 Å². The summed E-state index contributed by atoms with van der Waals surface area (Å²) in [4.78, 5) is 11.9. The zero-order chi connectivity index (χ0) is 14.8. The van der Waals surface area contributed by atoms with Crippen LogP contribution in [-0.2, 0) is 0 Å².